The van der Waals surface area contributed by atoms with Crippen LogP contribution in [0.4, 0.5) is 0 Å². The maximum atomic E-state index is 5.96. The van der Waals surface area contributed by atoms with E-state index in [-0.39, 0.29) is 0 Å². The van der Waals surface area contributed by atoms with Crippen molar-refractivity contribution >= 4 is 22.9 Å². The Kier molecular flexibility index (Phi) is 4.34. The van der Waals surface area contributed by atoms with Crippen LogP contribution in [-0.2, 0) is 6.54 Å². The van der Waals surface area contributed by atoms with Crippen molar-refractivity contribution in [1.82, 2.24) is 15.1 Å². The number of benzene rings is 1. The average Bonchev–Trinajstić information content (AvgIpc) is 2.85. The quantitative estimate of drug-likeness (QED) is 0.861. The predicted molar refractivity (Wildman–Crippen MR) is 83.4 cm³/mol. The Morgan fingerprint density at radius 3 is 2.80 bits per heavy atom. The van der Waals surface area contributed by atoms with E-state index in [9.17, 15) is 0 Å². The third-order valence-electron chi connectivity index (χ3n) is 3.77. The Balaban J connectivity index is 1.65. The maximum Gasteiger partial charge on any atom is 0.131 e. The summed E-state index contributed by atoms with van der Waals surface area (Å²) in [5.41, 5.74) is 1.40. The zero-order valence-corrected chi connectivity index (χ0v) is 13.1. The molecule has 2 aromatic rings. The fraction of sp³-hybridized carbons (Fsp3) is 0.467. The Labute approximate surface area is 128 Å². The normalized spacial score (nSPS) is 20.2. The highest BCUT2D eigenvalue weighted by Crippen LogP contribution is 2.28. The first-order chi connectivity index (χ1) is 9.70. The zero-order valence-electron chi connectivity index (χ0n) is 11.6. The van der Waals surface area contributed by atoms with Crippen molar-refractivity contribution in [2.75, 3.05) is 13.1 Å². The number of nitrogens with zero attached hydrogens (tertiary/aromatic N) is 3. The summed E-state index contributed by atoms with van der Waals surface area (Å²) in [5, 5.41) is 11.3. The molecule has 1 aromatic heterocycles. The maximum absolute atomic E-state index is 5.96. The molecule has 3 rings (SSSR count). The highest BCUT2D eigenvalue weighted by Gasteiger charge is 2.22. The van der Waals surface area contributed by atoms with E-state index < -0.39 is 0 Å². The molecular weight excluding hydrogens is 290 g/mol. The average molecular weight is 308 g/mol. The van der Waals surface area contributed by atoms with Crippen molar-refractivity contribution in [3.63, 3.8) is 0 Å². The molecule has 0 saturated carbocycles. The molecule has 1 fully saturated rings. The summed E-state index contributed by atoms with van der Waals surface area (Å²) >= 11 is 7.66. The van der Waals surface area contributed by atoms with Crippen LogP contribution in [0.3, 0.4) is 0 Å². The van der Waals surface area contributed by atoms with Crippen LogP contribution in [0.15, 0.2) is 24.3 Å². The molecule has 0 N–H and O–H groups in total. The topological polar surface area (TPSA) is 29.0 Å². The monoisotopic (exact) mass is 307 g/mol. The van der Waals surface area contributed by atoms with Crippen LogP contribution in [0.2, 0.25) is 5.02 Å². The van der Waals surface area contributed by atoms with Crippen LogP contribution in [0, 0.1) is 6.92 Å². The number of hydrogen-bond acceptors (Lipinski definition) is 4. The van der Waals surface area contributed by atoms with Crippen molar-refractivity contribution in [2.45, 2.75) is 32.2 Å². The molecule has 0 amide bonds. The Morgan fingerprint density at radius 1 is 1.30 bits per heavy atom. The van der Waals surface area contributed by atoms with E-state index >= 15 is 0 Å². The Bertz CT molecular complexity index is 567. The van der Waals surface area contributed by atoms with E-state index in [1.54, 1.807) is 11.3 Å². The highest BCUT2D eigenvalue weighted by molar-refractivity contribution is 7.11. The molecule has 0 spiro atoms. The molecule has 3 nitrogen and oxygen atoms in total. The van der Waals surface area contributed by atoms with Crippen molar-refractivity contribution in [3.8, 4) is 0 Å². The molecule has 1 atom stereocenters. The molecule has 2 heterocycles. The molecule has 0 unspecified atom stereocenters. The lowest BCUT2D eigenvalue weighted by Crippen LogP contribution is -2.33. The number of piperidine rings is 1. The molecular formula is C15H18ClN3S. The zero-order chi connectivity index (χ0) is 13.9. The van der Waals surface area contributed by atoms with E-state index in [0.717, 1.165) is 34.7 Å². The summed E-state index contributed by atoms with van der Waals surface area (Å²) in [7, 11) is 0. The number of aryl methyl sites for hydroxylation is 1. The Morgan fingerprint density at radius 2 is 2.10 bits per heavy atom. The van der Waals surface area contributed by atoms with Crippen LogP contribution in [0.5, 0.6) is 0 Å². The third kappa shape index (κ3) is 3.37. The van der Waals surface area contributed by atoms with Crippen molar-refractivity contribution < 1.29 is 0 Å². The lowest BCUT2D eigenvalue weighted by molar-refractivity contribution is 0.199. The van der Waals surface area contributed by atoms with Gasteiger partial charge in [-0.2, -0.15) is 0 Å². The molecule has 1 saturated heterocycles. The first-order valence-corrected chi connectivity index (χ1v) is 8.17. The van der Waals surface area contributed by atoms with Gasteiger partial charge in [0.05, 0.1) is 6.54 Å². The van der Waals surface area contributed by atoms with Gasteiger partial charge >= 0.3 is 0 Å². The van der Waals surface area contributed by atoms with E-state index in [1.807, 2.05) is 19.1 Å². The van der Waals surface area contributed by atoms with E-state index in [0.29, 0.717) is 5.92 Å². The van der Waals surface area contributed by atoms with Crippen LogP contribution in [0.25, 0.3) is 0 Å². The van der Waals surface area contributed by atoms with Gasteiger partial charge in [0.2, 0.25) is 0 Å². The van der Waals surface area contributed by atoms with E-state index in [1.165, 1.54) is 18.4 Å². The predicted octanol–water partition coefficient (Wildman–Crippen LogP) is 3.88. The van der Waals surface area contributed by atoms with Crippen molar-refractivity contribution in [3.05, 3.63) is 44.9 Å². The van der Waals surface area contributed by atoms with Crippen molar-refractivity contribution in [1.29, 1.82) is 0 Å². The molecule has 1 aliphatic heterocycles. The Hall–Kier alpha value is -0.970. The lowest BCUT2D eigenvalue weighted by Gasteiger charge is -2.32. The first-order valence-electron chi connectivity index (χ1n) is 6.97. The summed E-state index contributed by atoms with van der Waals surface area (Å²) in [4.78, 5) is 2.49. The van der Waals surface area contributed by atoms with Crippen LogP contribution < -0.4 is 0 Å². The molecule has 1 aromatic carbocycles. The smallest absolute Gasteiger partial charge is 0.131 e. The van der Waals surface area contributed by atoms with Crippen LogP contribution in [-0.4, -0.2) is 28.2 Å². The SMILES string of the molecule is Cc1nnc(CN2CCC[C@H](c3ccc(Cl)cc3)C2)s1. The molecule has 5 heteroatoms. The van der Waals surface area contributed by atoms with Crippen molar-refractivity contribution in [2.24, 2.45) is 0 Å². The van der Waals surface area contributed by atoms with Gasteiger partial charge in [0, 0.05) is 11.6 Å². The number of likely N-dealkylation sites (tertiary alicyclic amines) is 1. The van der Waals surface area contributed by atoms with Gasteiger partial charge in [-0.15, -0.1) is 21.5 Å². The minimum atomic E-state index is 0.607. The van der Waals surface area contributed by atoms with Gasteiger partial charge < -0.3 is 0 Å². The van der Waals surface area contributed by atoms with Crippen LogP contribution in [0.1, 0.15) is 34.3 Å². The fourth-order valence-electron chi connectivity index (χ4n) is 2.80. The van der Waals surface area contributed by atoms with Gasteiger partial charge in [-0.05, 0) is 49.9 Å². The van der Waals surface area contributed by atoms with E-state index in [2.05, 4.69) is 27.2 Å². The number of hydrogen-bond donors (Lipinski definition) is 0. The molecule has 106 valence electrons. The second-order valence-corrected chi connectivity index (χ2v) is 7.04. The summed E-state index contributed by atoms with van der Waals surface area (Å²) in [5.74, 6) is 0.607. The third-order valence-corrected chi connectivity index (χ3v) is 4.85. The molecule has 1 aliphatic rings. The minimum Gasteiger partial charge on any atom is -0.296 e. The van der Waals surface area contributed by atoms with Gasteiger partial charge in [-0.1, -0.05) is 23.7 Å². The number of halogens is 1. The molecule has 0 radical (unpaired) electrons. The second-order valence-electron chi connectivity index (χ2n) is 5.34. The van der Waals surface area contributed by atoms with Gasteiger partial charge in [-0.25, -0.2) is 0 Å². The minimum absolute atomic E-state index is 0.607. The van der Waals surface area contributed by atoms with Crippen LogP contribution >= 0.6 is 22.9 Å². The number of rotatable bonds is 3. The number of aromatic nitrogens is 2. The molecule has 0 aliphatic carbocycles. The van der Waals surface area contributed by atoms with E-state index in [4.69, 9.17) is 11.6 Å². The molecule has 0 bridgehead atoms. The summed E-state index contributed by atoms with van der Waals surface area (Å²) in [6, 6.07) is 8.30. The highest BCUT2D eigenvalue weighted by atomic mass is 35.5. The molecule has 20 heavy (non-hydrogen) atoms. The fourth-order valence-corrected chi connectivity index (χ4v) is 3.68. The first kappa shape index (κ1) is 14.0. The summed E-state index contributed by atoms with van der Waals surface area (Å²) in [6.07, 6.45) is 2.50. The van der Waals surface area contributed by atoms with Gasteiger partial charge in [0.1, 0.15) is 10.0 Å². The summed E-state index contributed by atoms with van der Waals surface area (Å²) < 4.78 is 0. The van der Waals surface area contributed by atoms with Gasteiger partial charge in [-0.3, -0.25) is 4.90 Å². The lowest BCUT2D eigenvalue weighted by atomic mass is 9.91. The second kappa shape index (κ2) is 6.20. The van der Waals surface area contributed by atoms with Gasteiger partial charge in [0.15, 0.2) is 0 Å². The largest absolute Gasteiger partial charge is 0.296 e. The standard InChI is InChI=1S/C15H18ClN3S/c1-11-17-18-15(20-11)10-19-8-2-3-13(9-19)12-4-6-14(16)7-5-12/h4-7,13H,2-3,8-10H2,1H3/t13-/m0/s1. The van der Waals surface area contributed by atoms with Gasteiger partial charge in [0.25, 0.3) is 0 Å². The summed E-state index contributed by atoms with van der Waals surface area (Å²) in [6.45, 7) is 5.19.